The molecule has 2 aromatic rings. The number of hydrogen-bond donors (Lipinski definition) is 1. The summed E-state index contributed by atoms with van der Waals surface area (Å²) in [4.78, 5) is 5.48. The smallest absolute Gasteiger partial charge is 0.237 e. The molecule has 5 heteroatoms. The van der Waals surface area contributed by atoms with Gasteiger partial charge in [-0.1, -0.05) is 6.92 Å². The van der Waals surface area contributed by atoms with E-state index in [0.29, 0.717) is 5.89 Å². The number of nitrogens with one attached hydrogen (secondary N) is 1. The van der Waals surface area contributed by atoms with Gasteiger partial charge in [-0.25, -0.2) is 4.98 Å². The van der Waals surface area contributed by atoms with Gasteiger partial charge >= 0.3 is 0 Å². The van der Waals surface area contributed by atoms with Gasteiger partial charge in [0.25, 0.3) is 0 Å². The molecule has 0 aromatic carbocycles. The quantitative estimate of drug-likeness (QED) is 0.856. The van der Waals surface area contributed by atoms with E-state index < -0.39 is 0 Å². The maximum atomic E-state index is 5.45. The molecule has 0 amide bonds. The van der Waals surface area contributed by atoms with Crippen molar-refractivity contribution in [1.82, 2.24) is 10.3 Å². The van der Waals surface area contributed by atoms with Crippen LogP contribution < -0.4 is 5.32 Å². The highest BCUT2D eigenvalue weighted by Gasteiger charge is 2.10. The van der Waals surface area contributed by atoms with Gasteiger partial charge in [0.05, 0.1) is 5.69 Å². The molecule has 0 fully saturated rings. The molecule has 0 saturated carbocycles. The van der Waals surface area contributed by atoms with E-state index in [2.05, 4.69) is 33.2 Å². The zero-order valence-electron chi connectivity index (χ0n) is 9.00. The van der Waals surface area contributed by atoms with E-state index in [1.54, 1.807) is 17.6 Å². The Morgan fingerprint density at radius 3 is 3.12 bits per heavy atom. The van der Waals surface area contributed by atoms with Crippen molar-refractivity contribution in [3.8, 4) is 10.8 Å². The van der Waals surface area contributed by atoms with Gasteiger partial charge < -0.3 is 9.73 Å². The third-order valence-corrected chi connectivity index (χ3v) is 3.92. The van der Waals surface area contributed by atoms with Gasteiger partial charge in [0.1, 0.15) is 11.1 Å². The highest BCUT2D eigenvalue weighted by Crippen LogP contribution is 2.32. The van der Waals surface area contributed by atoms with E-state index in [9.17, 15) is 0 Å². The van der Waals surface area contributed by atoms with E-state index in [-0.39, 0.29) is 0 Å². The van der Waals surface area contributed by atoms with Crippen molar-refractivity contribution in [3.63, 3.8) is 0 Å². The van der Waals surface area contributed by atoms with Crippen LogP contribution in [0.25, 0.3) is 10.8 Å². The second kappa shape index (κ2) is 5.61. The lowest BCUT2D eigenvalue weighted by Gasteiger charge is -1.96. The fraction of sp³-hybridized carbons (Fsp3) is 0.364. The number of halogens is 1. The van der Waals surface area contributed by atoms with Crippen molar-refractivity contribution in [2.24, 2.45) is 0 Å². The molecule has 0 spiro atoms. The Balaban J connectivity index is 2.05. The molecule has 1 N–H and O–H groups in total. The van der Waals surface area contributed by atoms with Crippen LogP contribution in [0.2, 0.25) is 0 Å². The molecule has 2 rings (SSSR count). The largest absolute Gasteiger partial charge is 0.443 e. The van der Waals surface area contributed by atoms with E-state index >= 15 is 0 Å². The molecular formula is C11H13BrN2OS. The second-order valence-electron chi connectivity index (χ2n) is 3.42. The lowest BCUT2D eigenvalue weighted by atomic mass is 10.4. The molecule has 0 bridgehead atoms. The fourth-order valence-corrected chi connectivity index (χ4v) is 2.80. The van der Waals surface area contributed by atoms with Crippen molar-refractivity contribution in [1.29, 1.82) is 0 Å². The minimum absolute atomic E-state index is 0.690. The lowest BCUT2D eigenvalue weighted by molar-refractivity contribution is 0.571. The number of nitrogens with zero attached hydrogens (tertiary/aromatic N) is 1. The van der Waals surface area contributed by atoms with E-state index in [0.717, 1.165) is 34.6 Å². The lowest BCUT2D eigenvalue weighted by Crippen LogP contribution is -2.13. The first-order valence-corrected chi connectivity index (χ1v) is 6.87. The number of rotatable bonds is 5. The molecule has 2 aromatic heterocycles. The summed E-state index contributed by atoms with van der Waals surface area (Å²) in [6, 6.07) is 2.00. The Morgan fingerprint density at radius 2 is 2.44 bits per heavy atom. The third-order valence-electron chi connectivity index (χ3n) is 2.10. The number of hydrogen-bond acceptors (Lipinski definition) is 4. The molecule has 0 unspecified atom stereocenters. The zero-order valence-corrected chi connectivity index (χ0v) is 11.4. The van der Waals surface area contributed by atoms with Gasteiger partial charge in [-0.3, -0.25) is 0 Å². The average Bonchev–Trinajstić information content (AvgIpc) is 2.87. The summed E-state index contributed by atoms with van der Waals surface area (Å²) in [6.07, 6.45) is 2.84. The molecule has 0 aliphatic heterocycles. The Bertz CT molecular complexity index is 452. The Morgan fingerprint density at radius 1 is 1.56 bits per heavy atom. The van der Waals surface area contributed by atoms with E-state index in [1.807, 2.05) is 11.4 Å². The summed E-state index contributed by atoms with van der Waals surface area (Å²) in [7, 11) is 0. The number of thiophene rings is 1. The number of aromatic nitrogens is 1. The second-order valence-corrected chi connectivity index (χ2v) is 5.19. The average molecular weight is 301 g/mol. The molecule has 16 heavy (non-hydrogen) atoms. The van der Waals surface area contributed by atoms with Crippen molar-refractivity contribution < 1.29 is 4.42 Å². The van der Waals surface area contributed by atoms with Gasteiger partial charge in [-0.15, -0.1) is 11.3 Å². The maximum absolute atomic E-state index is 5.45. The van der Waals surface area contributed by atoms with Crippen molar-refractivity contribution in [2.75, 3.05) is 6.54 Å². The first-order valence-electron chi connectivity index (χ1n) is 5.19. The van der Waals surface area contributed by atoms with E-state index in [1.165, 1.54) is 0 Å². The van der Waals surface area contributed by atoms with Gasteiger partial charge in [0.15, 0.2) is 0 Å². The van der Waals surface area contributed by atoms with Crippen molar-refractivity contribution >= 4 is 27.3 Å². The standard InChI is InChI=1S/C11H13BrN2OS/c1-2-4-13-6-8-7-15-11(14-8)10-9(12)3-5-16-10/h3,5,7,13H,2,4,6H2,1H3. The molecule has 0 aliphatic carbocycles. The van der Waals surface area contributed by atoms with Gasteiger partial charge in [0.2, 0.25) is 5.89 Å². The Kier molecular flexibility index (Phi) is 4.15. The molecule has 0 atom stereocenters. The number of oxazole rings is 1. The fourth-order valence-electron chi connectivity index (χ4n) is 1.33. The van der Waals surface area contributed by atoms with Crippen LogP contribution in [0, 0.1) is 0 Å². The third kappa shape index (κ3) is 2.72. The van der Waals surface area contributed by atoms with E-state index in [4.69, 9.17) is 4.42 Å². The van der Waals surface area contributed by atoms with Crippen LogP contribution in [0.4, 0.5) is 0 Å². The van der Waals surface area contributed by atoms with Crippen LogP contribution in [-0.4, -0.2) is 11.5 Å². The SMILES string of the molecule is CCCNCc1coc(-c2sccc2Br)n1. The summed E-state index contributed by atoms with van der Waals surface area (Å²) in [5.41, 5.74) is 0.948. The molecule has 86 valence electrons. The van der Waals surface area contributed by atoms with Crippen LogP contribution in [0.3, 0.4) is 0 Å². The van der Waals surface area contributed by atoms with Crippen LogP contribution in [0.15, 0.2) is 26.6 Å². The molecule has 0 radical (unpaired) electrons. The summed E-state index contributed by atoms with van der Waals surface area (Å²) >= 11 is 5.09. The van der Waals surface area contributed by atoms with Crippen LogP contribution in [0.1, 0.15) is 19.0 Å². The first kappa shape index (κ1) is 11.8. The summed E-state index contributed by atoms with van der Waals surface area (Å²) in [5.74, 6) is 0.690. The van der Waals surface area contributed by atoms with Gasteiger partial charge in [0, 0.05) is 11.0 Å². The van der Waals surface area contributed by atoms with Gasteiger partial charge in [-0.2, -0.15) is 0 Å². The highest BCUT2D eigenvalue weighted by atomic mass is 79.9. The van der Waals surface area contributed by atoms with Crippen molar-refractivity contribution in [3.05, 3.63) is 27.9 Å². The minimum atomic E-state index is 0.690. The zero-order chi connectivity index (χ0) is 11.4. The van der Waals surface area contributed by atoms with Crippen LogP contribution in [0.5, 0.6) is 0 Å². The molecule has 0 aliphatic rings. The first-order chi connectivity index (χ1) is 7.81. The summed E-state index contributed by atoms with van der Waals surface area (Å²) in [5, 5.41) is 5.31. The summed E-state index contributed by atoms with van der Waals surface area (Å²) < 4.78 is 6.48. The Labute approximate surface area is 107 Å². The van der Waals surface area contributed by atoms with Crippen LogP contribution >= 0.6 is 27.3 Å². The topological polar surface area (TPSA) is 38.1 Å². The van der Waals surface area contributed by atoms with Gasteiger partial charge in [-0.05, 0) is 40.3 Å². The highest BCUT2D eigenvalue weighted by molar-refractivity contribution is 9.10. The monoisotopic (exact) mass is 300 g/mol. The minimum Gasteiger partial charge on any atom is -0.443 e. The predicted molar refractivity (Wildman–Crippen MR) is 69.5 cm³/mol. The maximum Gasteiger partial charge on any atom is 0.237 e. The van der Waals surface area contributed by atoms with Crippen molar-refractivity contribution in [2.45, 2.75) is 19.9 Å². The van der Waals surface area contributed by atoms with Crippen LogP contribution in [-0.2, 0) is 6.54 Å². The Hall–Kier alpha value is -0.650. The molecule has 2 heterocycles. The normalized spacial score (nSPS) is 10.9. The molecule has 3 nitrogen and oxygen atoms in total. The molecule has 0 saturated heterocycles. The summed E-state index contributed by atoms with van der Waals surface area (Å²) in [6.45, 7) is 3.91. The predicted octanol–water partition coefficient (Wildman–Crippen LogP) is 3.67. The molecular weight excluding hydrogens is 288 g/mol.